The van der Waals surface area contributed by atoms with E-state index in [1.165, 1.54) is 12.1 Å². The van der Waals surface area contributed by atoms with E-state index in [2.05, 4.69) is 10.4 Å². The summed E-state index contributed by atoms with van der Waals surface area (Å²) in [4.78, 5) is 26.0. The first-order valence-electron chi connectivity index (χ1n) is 11.8. The highest BCUT2D eigenvalue weighted by Crippen LogP contribution is 2.43. The second kappa shape index (κ2) is 10.8. The summed E-state index contributed by atoms with van der Waals surface area (Å²) in [6, 6.07) is 5.41. The van der Waals surface area contributed by atoms with Crippen molar-refractivity contribution >= 4 is 12.0 Å². The van der Waals surface area contributed by atoms with Gasteiger partial charge in [0.2, 0.25) is 5.91 Å². The Balaban J connectivity index is 0.000000208. The van der Waals surface area contributed by atoms with Crippen molar-refractivity contribution in [2.45, 2.75) is 70.8 Å². The standard InChI is InChI=1S/C14H21N3O3.C11H8F4N2/c1-14(2,3)20-13(19)17-10-5-4-9(8-10)11(17)12(18)16-7-6-15;1-6-2-3-7(4-9(6)12)8-5-16-17-10(8)11(13,14)15/h9-11H,4-5,7-8H2,1-3H3,(H,16,18);2-5H,1H3,(H,16,17)/t9?,10-,11+;/m1./s1. The van der Waals surface area contributed by atoms with Gasteiger partial charge in [0.25, 0.3) is 0 Å². The number of piperidine rings is 1. The molecule has 2 heterocycles. The topological polar surface area (TPSA) is 111 Å². The highest BCUT2D eigenvalue weighted by molar-refractivity contribution is 5.87. The molecule has 1 saturated carbocycles. The van der Waals surface area contributed by atoms with Gasteiger partial charge in [-0.05, 0) is 70.1 Å². The normalized spacial score (nSPS) is 20.6. The van der Waals surface area contributed by atoms with Gasteiger partial charge in [0.15, 0.2) is 0 Å². The Morgan fingerprint density at radius 1 is 1.27 bits per heavy atom. The highest BCUT2D eigenvalue weighted by Gasteiger charge is 2.52. The molecular weight excluding hydrogens is 494 g/mol. The molecule has 8 nitrogen and oxygen atoms in total. The van der Waals surface area contributed by atoms with Crippen LogP contribution in [0.2, 0.25) is 0 Å². The number of H-pyrrole nitrogens is 1. The maximum absolute atomic E-state index is 13.3. The van der Waals surface area contributed by atoms with Gasteiger partial charge in [-0.3, -0.25) is 14.8 Å². The Morgan fingerprint density at radius 3 is 2.57 bits per heavy atom. The molecule has 1 aromatic carbocycles. The molecule has 1 saturated heterocycles. The molecule has 0 spiro atoms. The predicted molar refractivity (Wildman–Crippen MR) is 125 cm³/mol. The Hall–Kier alpha value is -3.62. The number of nitrogens with one attached hydrogen (secondary N) is 2. The molecule has 1 unspecified atom stereocenters. The van der Waals surface area contributed by atoms with Crippen molar-refractivity contribution in [3.05, 3.63) is 41.5 Å². The number of nitriles is 1. The second-order valence-corrected chi connectivity index (χ2v) is 10.1. The minimum Gasteiger partial charge on any atom is -0.444 e. The molecule has 1 aromatic heterocycles. The molecule has 4 rings (SSSR count). The molecule has 2 aromatic rings. The van der Waals surface area contributed by atoms with Crippen LogP contribution in [0.1, 0.15) is 51.3 Å². The number of amides is 2. The maximum atomic E-state index is 13.3. The quantitative estimate of drug-likeness (QED) is 0.437. The SMILES string of the molecule is CC(C)(C)OC(=O)N1[C@@H]2CCC(C2)[C@H]1C(=O)NCC#N.Cc1ccc(-c2cn[nH]c2C(F)(F)F)cc1F. The lowest BCUT2D eigenvalue weighted by molar-refractivity contribution is -0.140. The van der Waals surface area contributed by atoms with Gasteiger partial charge in [0, 0.05) is 11.6 Å². The van der Waals surface area contributed by atoms with Gasteiger partial charge < -0.3 is 10.1 Å². The number of benzene rings is 1. The van der Waals surface area contributed by atoms with Crippen molar-refractivity contribution in [2.24, 2.45) is 5.92 Å². The van der Waals surface area contributed by atoms with E-state index in [-0.39, 0.29) is 35.5 Å². The van der Waals surface area contributed by atoms with Crippen molar-refractivity contribution in [3.63, 3.8) is 0 Å². The predicted octanol–water partition coefficient (Wildman–Crippen LogP) is 4.96. The van der Waals surface area contributed by atoms with Crippen molar-refractivity contribution in [1.82, 2.24) is 20.4 Å². The van der Waals surface area contributed by atoms with E-state index in [1.807, 2.05) is 31.9 Å². The number of hydrogen-bond acceptors (Lipinski definition) is 5. The van der Waals surface area contributed by atoms with E-state index in [4.69, 9.17) is 10.00 Å². The van der Waals surface area contributed by atoms with Gasteiger partial charge in [0.1, 0.15) is 29.7 Å². The molecule has 37 heavy (non-hydrogen) atoms. The van der Waals surface area contributed by atoms with Crippen molar-refractivity contribution in [2.75, 3.05) is 6.54 Å². The van der Waals surface area contributed by atoms with E-state index >= 15 is 0 Å². The molecule has 3 atom stereocenters. The number of aromatic amines is 1. The molecule has 200 valence electrons. The van der Waals surface area contributed by atoms with Gasteiger partial charge in [-0.2, -0.15) is 23.5 Å². The maximum Gasteiger partial charge on any atom is 0.433 e. The van der Waals surface area contributed by atoms with Crippen molar-refractivity contribution in [3.8, 4) is 17.2 Å². The van der Waals surface area contributed by atoms with Crippen molar-refractivity contribution < 1.29 is 31.9 Å². The first kappa shape index (κ1) is 28.0. The minimum atomic E-state index is -4.53. The number of ether oxygens (including phenoxy) is 1. The zero-order valence-electron chi connectivity index (χ0n) is 20.9. The average Bonchev–Trinajstić information content (AvgIpc) is 3.54. The summed E-state index contributed by atoms with van der Waals surface area (Å²) in [6.07, 6.45) is -1.20. The number of alkyl halides is 3. The Bertz CT molecular complexity index is 1180. The van der Waals surface area contributed by atoms with Crippen LogP contribution in [-0.4, -0.2) is 51.3 Å². The summed E-state index contributed by atoms with van der Waals surface area (Å²) >= 11 is 0. The molecule has 2 N–H and O–H groups in total. The van der Waals surface area contributed by atoms with Crippen LogP contribution in [0.3, 0.4) is 0 Å². The molecule has 2 aliphatic rings. The summed E-state index contributed by atoms with van der Waals surface area (Å²) in [7, 11) is 0. The highest BCUT2D eigenvalue weighted by atomic mass is 19.4. The fourth-order valence-corrected chi connectivity index (χ4v) is 4.62. The lowest BCUT2D eigenvalue weighted by Crippen LogP contribution is -2.53. The van der Waals surface area contributed by atoms with Crippen LogP contribution in [0.15, 0.2) is 24.4 Å². The van der Waals surface area contributed by atoms with Crippen LogP contribution in [-0.2, 0) is 15.7 Å². The van der Waals surface area contributed by atoms with Gasteiger partial charge >= 0.3 is 12.3 Å². The number of aromatic nitrogens is 2. The summed E-state index contributed by atoms with van der Waals surface area (Å²) in [6.45, 7) is 6.94. The van der Waals surface area contributed by atoms with Gasteiger partial charge in [-0.15, -0.1) is 0 Å². The fraction of sp³-hybridized carbons (Fsp3) is 0.520. The molecule has 2 bridgehead atoms. The lowest BCUT2D eigenvalue weighted by atomic mass is 9.98. The molecule has 0 radical (unpaired) electrons. The zero-order valence-corrected chi connectivity index (χ0v) is 20.9. The number of rotatable bonds is 3. The second-order valence-electron chi connectivity index (χ2n) is 10.1. The van der Waals surface area contributed by atoms with Crippen LogP contribution < -0.4 is 5.32 Å². The number of carbonyl (C=O) groups excluding carboxylic acids is 2. The van der Waals surface area contributed by atoms with E-state index in [9.17, 15) is 27.2 Å². The third-order valence-electron chi connectivity index (χ3n) is 6.21. The van der Waals surface area contributed by atoms with Crippen LogP contribution in [0.4, 0.5) is 22.4 Å². The smallest absolute Gasteiger partial charge is 0.433 e. The first-order valence-corrected chi connectivity index (χ1v) is 11.8. The number of hydrogen-bond donors (Lipinski definition) is 2. The molecule has 2 amide bonds. The zero-order chi connectivity index (χ0) is 27.5. The average molecular weight is 524 g/mol. The number of halogens is 4. The number of fused-ring (bicyclic) bond motifs is 2. The largest absolute Gasteiger partial charge is 0.444 e. The third kappa shape index (κ3) is 6.58. The number of carbonyl (C=O) groups is 2. The molecule has 2 fully saturated rings. The third-order valence-corrected chi connectivity index (χ3v) is 6.21. The van der Waals surface area contributed by atoms with E-state index in [1.54, 1.807) is 11.8 Å². The van der Waals surface area contributed by atoms with Gasteiger partial charge in [-0.25, -0.2) is 9.18 Å². The van der Waals surface area contributed by atoms with Crippen molar-refractivity contribution in [1.29, 1.82) is 5.26 Å². The number of nitrogens with zero attached hydrogens (tertiary/aromatic N) is 3. The summed E-state index contributed by atoms with van der Waals surface area (Å²) < 4.78 is 56.4. The lowest BCUT2D eigenvalue weighted by Gasteiger charge is -2.35. The molecular formula is C25H29F4N5O3. The summed E-state index contributed by atoms with van der Waals surface area (Å²) in [5.41, 5.74) is -1.18. The van der Waals surface area contributed by atoms with E-state index < -0.39 is 35.4 Å². The van der Waals surface area contributed by atoms with Gasteiger partial charge in [-0.1, -0.05) is 12.1 Å². The van der Waals surface area contributed by atoms with Crippen LogP contribution in [0.25, 0.3) is 11.1 Å². The molecule has 12 heteroatoms. The Labute approximate surface area is 212 Å². The monoisotopic (exact) mass is 523 g/mol. The molecule has 1 aliphatic heterocycles. The van der Waals surface area contributed by atoms with E-state index in [0.29, 0.717) is 5.56 Å². The first-order chi connectivity index (χ1) is 17.2. The van der Waals surface area contributed by atoms with Crippen LogP contribution in [0.5, 0.6) is 0 Å². The fourth-order valence-electron chi connectivity index (χ4n) is 4.62. The Morgan fingerprint density at radius 2 is 1.97 bits per heavy atom. The van der Waals surface area contributed by atoms with Gasteiger partial charge in [0.05, 0.1) is 12.3 Å². The number of likely N-dealkylation sites (tertiary alicyclic amines) is 1. The van der Waals surface area contributed by atoms with Crippen LogP contribution in [0, 0.1) is 30.0 Å². The molecule has 1 aliphatic carbocycles. The van der Waals surface area contributed by atoms with Crippen LogP contribution >= 0.6 is 0 Å². The number of aryl methyl sites for hydroxylation is 1. The summed E-state index contributed by atoms with van der Waals surface area (Å²) in [5, 5.41) is 16.3. The summed E-state index contributed by atoms with van der Waals surface area (Å²) in [5.74, 6) is -0.604. The minimum absolute atomic E-state index is 0.0329. The Kier molecular flexibility index (Phi) is 8.15. The van der Waals surface area contributed by atoms with E-state index in [0.717, 1.165) is 31.5 Å².